The maximum Gasteiger partial charge on any atom is 0.223 e. The molecule has 1 aliphatic carbocycles. The topological polar surface area (TPSA) is 73.8 Å². The van der Waals surface area contributed by atoms with Gasteiger partial charge in [0.15, 0.2) is 0 Å². The van der Waals surface area contributed by atoms with Gasteiger partial charge in [-0.25, -0.2) is 9.97 Å². The Balaban J connectivity index is 1.88. The molecule has 0 saturated heterocycles. The second-order valence-corrected chi connectivity index (χ2v) is 6.75. The van der Waals surface area contributed by atoms with Crippen molar-refractivity contribution in [1.82, 2.24) is 15.0 Å². The van der Waals surface area contributed by atoms with Gasteiger partial charge in [-0.2, -0.15) is 0 Å². The van der Waals surface area contributed by atoms with Crippen LogP contribution in [0.3, 0.4) is 0 Å². The highest BCUT2D eigenvalue weighted by molar-refractivity contribution is 6.33. The molecule has 1 aromatic carbocycles. The van der Waals surface area contributed by atoms with Gasteiger partial charge in [-0.3, -0.25) is 0 Å². The molecule has 0 amide bonds. The van der Waals surface area contributed by atoms with Crippen LogP contribution in [0.1, 0.15) is 31.2 Å². The van der Waals surface area contributed by atoms with Gasteiger partial charge in [-0.15, -0.1) is 0 Å². The van der Waals surface area contributed by atoms with E-state index in [9.17, 15) is 5.11 Å². The fourth-order valence-electron chi connectivity index (χ4n) is 3.53. The molecule has 24 heavy (non-hydrogen) atoms. The molecule has 1 fully saturated rings. The average molecular weight is 343 g/mol. The summed E-state index contributed by atoms with van der Waals surface area (Å²) in [6.07, 6.45) is 7.27. The SMILES string of the molecule is CNc1ncc(Cl)c(-c2c[nH]c3ccc(C4(O)CCCC4)cc23)n1. The highest BCUT2D eigenvalue weighted by Crippen LogP contribution is 2.41. The lowest BCUT2D eigenvalue weighted by molar-refractivity contribution is 0.0446. The van der Waals surface area contributed by atoms with Crippen LogP contribution >= 0.6 is 11.6 Å². The summed E-state index contributed by atoms with van der Waals surface area (Å²) in [7, 11) is 1.77. The zero-order valence-electron chi connectivity index (χ0n) is 13.4. The van der Waals surface area contributed by atoms with Gasteiger partial charge in [0.05, 0.1) is 22.5 Å². The number of anilines is 1. The minimum absolute atomic E-state index is 0.500. The zero-order chi connectivity index (χ0) is 16.7. The summed E-state index contributed by atoms with van der Waals surface area (Å²) in [5, 5.41) is 15.3. The first-order chi connectivity index (χ1) is 11.6. The normalized spacial score (nSPS) is 16.6. The summed E-state index contributed by atoms with van der Waals surface area (Å²) in [6.45, 7) is 0. The van der Waals surface area contributed by atoms with Crippen LogP contribution < -0.4 is 5.32 Å². The summed E-state index contributed by atoms with van der Waals surface area (Å²) in [5.41, 5.74) is 2.84. The van der Waals surface area contributed by atoms with Gasteiger partial charge in [-0.05, 0) is 30.5 Å². The second kappa shape index (κ2) is 5.76. The van der Waals surface area contributed by atoms with Crippen LogP contribution in [0.15, 0.2) is 30.6 Å². The zero-order valence-corrected chi connectivity index (χ0v) is 14.2. The number of fused-ring (bicyclic) bond motifs is 1. The van der Waals surface area contributed by atoms with Gasteiger partial charge in [0.25, 0.3) is 0 Å². The fraction of sp³-hybridized carbons (Fsp3) is 0.333. The first-order valence-corrected chi connectivity index (χ1v) is 8.53. The first kappa shape index (κ1) is 15.4. The molecule has 0 aliphatic heterocycles. The molecule has 4 rings (SSSR count). The molecule has 0 radical (unpaired) electrons. The summed E-state index contributed by atoms with van der Waals surface area (Å²) in [4.78, 5) is 11.9. The lowest BCUT2D eigenvalue weighted by atomic mass is 9.91. The van der Waals surface area contributed by atoms with Gasteiger partial charge < -0.3 is 15.4 Å². The Morgan fingerprint density at radius 3 is 2.83 bits per heavy atom. The molecule has 3 N–H and O–H groups in total. The smallest absolute Gasteiger partial charge is 0.223 e. The molecule has 2 heterocycles. The van der Waals surface area contributed by atoms with E-state index in [1.807, 2.05) is 18.3 Å². The van der Waals surface area contributed by atoms with Gasteiger partial charge >= 0.3 is 0 Å². The molecule has 0 atom stereocenters. The van der Waals surface area contributed by atoms with Gasteiger partial charge in [0, 0.05) is 29.7 Å². The van der Waals surface area contributed by atoms with Crippen molar-refractivity contribution in [3.8, 4) is 11.3 Å². The number of halogens is 1. The van der Waals surface area contributed by atoms with Gasteiger partial charge in [0.1, 0.15) is 0 Å². The number of rotatable bonds is 3. The minimum atomic E-state index is -0.714. The van der Waals surface area contributed by atoms with Crippen LogP contribution in [0.25, 0.3) is 22.2 Å². The largest absolute Gasteiger partial charge is 0.385 e. The number of aromatic amines is 1. The predicted octanol–water partition coefficient (Wildman–Crippen LogP) is 4.08. The third-order valence-electron chi connectivity index (χ3n) is 4.87. The van der Waals surface area contributed by atoms with Crippen LogP contribution in [0, 0.1) is 0 Å². The Morgan fingerprint density at radius 2 is 2.08 bits per heavy atom. The monoisotopic (exact) mass is 342 g/mol. The maximum absolute atomic E-state index is 10.9. The maximum atomic E-state index is 10.9. The number of nitrogens with zero attached hydrogens (tertiary/aromatic N) is 2. The molecule has 3 aromatic rings. The lowest BCUT2D eigenvalue weighted by Gasteiger charge is -2.22. The van der Waals surface area contributed by atoms with E-state index in [1.165, 1.54) is 0 Å². The molecule has 0 unspecified atom stereocenters. The Morgan fingerprint density at radius 1 is 1.29 bits per heavy atom. The quantitative estimate of drug-likeness (QED) is 0.670. The number of aromatic nitrogens is 3. The third kappa shape index (κ3) is 2.44. The molecule has 1 saturated carbocycles. The van der Waals surface area contributed by atoms with Crippen LogP contribution in [0.4, 0.5) is 5.95 Å². The van der Waals surface area contributed by atoms with Crippen LogP contribution in [0.2, 0.25) is 5.02 Å². The molecule has 0 spiro atoms. The number of hydrogen-bond donors (Lipinski definition) is 3. The Kier molecular flexibility index (Phi) is 3.70. The van der Waals surface area contributed by atoms with Crippen molar-refractivity contribution in [3.63, 3.8) is 0 Å². The molecular formula is C18H19ClN4O. The Hall–Kier alpha value is -2.11. The van der Waals surface area contributed by atoms with Crippen molar-refractivity contribution in [2.75, 3.05) is 12.4 Å². The number of H-pyrrole nitrogens is 1. The van der Waals surface area contributed by atoms with Crippen molar-refractivity contribution in [2.24, 2.45) is 0 Å². The first-order valence-electron chi connectivity index (χ1n) is 8.15. The molecule has 1 aliphatic rings. The molecule has 5 nitrogen and oxygen atoms in total. The van der Waals surface area contributed by atoms with Gasteiger partial charge in [-0.1, -0.05) is 30.5 Å². The van der Waals surface area contributed by atoms with E-state index in [0.29, 0.717) is 16.7 Å². The minimum Gasteiger partial charge on any atom is -0.385 e. The molecular weight excluding hydrogens is 324 g/mol. The summed E-state index contributed by atoms with van der Waals surface area (Å²) in [5.74, 6) is 0.523. The summed E-state index contributed by atoms with van der Waals surface area (Å²) in [6, 6.07) is 6.08. The van der Waals surface area contributed by atoms with Crippen LogP contribution in [0.5, 0.6) is 0 Å². The molecule has 0 bridgehead atoms. The highest BCUT2D eigenvalue weighted by Gasteiger charge is 2.33. The predicted molar refractivity (Wildman–Crippen MR) is 96.2 cm³/mol. The van der Waals surface area contributed by atoms with Crippen molar-refractivity contribution in [2.45, 2.75) is 31.3 Å². The second-order valence-electron chi connectivity index (χ2n) is 6.34. The highest BCUT2D eigenvalue weighted by atomic mass is 35.5. The lowest BCUT2D eigenvalue weighted by Crippen LogP contribution is -2.20. The van der Waals surface area contributed by atoms with E-state index >= 15 is 0 Å². The summed E-state index contributed by atoms with van der Waals surface area (Å²) >= 11 is 6.32. The number of benzene rings is 1. The standard InChI is InChI=1S/C18H19ClN4O/c1-20-17-22-10-14(19)16(23-17)13-9-21-15-5-4-11(8-12(13)15)18(24)6-2-3-7-18/h4-5,8-10,21,24H,2-3,6-7H2,1H3,(H,20,22,23). The Labute approximate surface area is 145 Å². The number of hydrogen-bond acceptors (Lipinski definition) is 4. The number of nitrogens with one attached hydrogen (secondary N) is 2. The van der Waals surface area contributed by atoms with Crippen molar-refractivity contribution >= 4 is 28.5 Å². The summed E-state index contributed by atoms with van der Waals surface area (Å²) < 4.78 is 0. The van der Waals surface area contributed by atoms with E-state index in [0.717, 1.165) is 47.7 Å². The number of aliphatic hydroxyl groups is 1. The fourth-order valence-corrected chi connectivity index (χ4v) is 3.72. The van der Waals surface area contributed by atoms with E-state index in [4.69, 9.17) is 11.6 Å². The van der Waals surface area contributed by atoms with E-state index in [1.54, 1.807) is 13.2 Å². The van der Waals surface area contributed by atoms with E-state index in [2.05, 4.69) is 26.3 Å². The van der Waals surface area contributed by atoms with Crippen LogP contribution in [-0.2, 0) is 5.60 Å². The molecule has 2 aromatic heterocycles. The molecule has 124 valence electrons. The van der Waals surface area contributed by atoms with Crippen LogP contribution in [-0.4, -0.2) is 27.1 Å². The van der Waals surface area contributed by atoms with E-state index in [-0.39, 0.29) is 0 Å². The van der Waals surface area contributed by atoms with Crippen molar-refractivity contribution < 1.29 is 5.11 Å². The van der Waals surface area contributed by atoms with Crippen molar-refractivity contribution in [3.05, 3.63) is 41.2 Å². The van der Waals surface area contributed by atoms with Crippen molar-refractivity contribution in [1.29, 1.82) is 0 Å². The Bertz CT molecular complexity index is 899. The average Bonchev–Trinajstić information content (AvgIpc) is 3.22. The third-order valence-corrected chi connectivity index (χ3v) is 5.15. The van der Waals surface area contributed by atoms with E-state index < -0.39 is 5.60 Å². The molecule has 6 heteroatoms. The van der Waals surface area contributed by atoms with Gasteiger partial charge in [0.2, 0.25) is 5.95 Å².